The van der Waals surface area contributed by atoms with Crippen molar-refractivity contribution in [3.8, 4) is 0 Å². The Morgan fingerprint density at radius 1 is 0.506 bits per heavy atom. The summed E-state index contributed by atoms with van der Waals surface area (Å²) in [5.74, 6) is -2.77. The van der Waals surface area contributed by atoms with E-state index < -0.39 is 72.8 Å². The minimum absolute atomic E-state index is 0.0143. The van der Waals surface area contributed by atoms with Gasteiger partial charge < -0.3 is 86.4 Å². The van der Waals surface area contributed by atoms with Crippen LogP contribution in [0.3, 0.4) is 0 Å². The first kappa shape index (κ1) is 54.0. The molecule has 1 unspecified atom stereocenters. The average Bonchev–Trinajstić information content (AvgIpc) is 4.25. The minimum atomic E-state index is -1.02. The number of rotatable bonds is 4. The van der Waals surface area contributed by atoms with Crippen molar-refractivity contribution < 1.29 is 91.2 Å². The van der Waals surface area contributed by atoms with Crippen molar-refractivity contribution in [3.63, 3.8) is 0 Å². The zero-order chi connectivity index (χ0) is 54.0. The number of carbonyl (C=O) groups excluding carboxylic acids is 1. The van der Waals surface area contributed by atoms with Crippen LogP contribution in [-0.4, -0.2) is 198 Å². The quantitative estimate of drug-likeness (QED) is 0.251. The third-order valence-electron chi connectivity index (χ3n) is 21.9. The van der Waals surface area contributed by atoms with Crippen molar-refractivity contribution in [1.29, 1.82) is 0 Å². The average molecular weight is 1110 g/mol. The maximum absolute atomic E-state index is 14.6. The highest BCUT2D eigenvalue weighted by Crippen LogP contribution is 2.58. The number of hydrogen-bond donors (Lipinski definition) is 3. The Bertz CT molecular complexity index is 2340. The van der Waals surface area contributed by atoms with E-state index >= 15 is 0 Å². The van der Waals surface area contributed by atoms with Gasteiger partial charge in [-0.25, -0.2) is 0 Å². The summed E-state index contributed by atoms with van der Waals surface area (Å²) in [6.07, 6.45) is 2.17. The van der Waals surface area contributed by atoms with Gasteiger partial charge in [-0.15, -0.1) is 0 Å². The molecule has 0 radical (unpaired) electrons. The summed E-state index contributed by atoms with van der Waals surface area (Å²) >= 11 is 0. The van der Waals surface area contributed by atoms with E-state index in [2.05, 4.69) is 40.9 Å². The van der Waals surface area contributed by atoms with Gasteiger partial charge in [0.2, 0.25) is 0 Å². The molecule has 16 heterocycles. The highest BCUT2D eigenvalue weighted by molar-refractivity contribution is 5.70. The second-order valence-electron chi connectivity index (χ2n) is 27.5. The second-order valence-corrected chi connectivity index (χ2v) is 27.5. The molecule has 0 amide bonds. The lowest BCUT2D eigenvalue weighted by Gasteiger charge is -2.50. The maximum atomic E-state index is 14.6. The van der Waals surface area contributed by atoms with Gasteiger partial charge in [-0.2, -0.15) is 0 Å². The number of fused-ring (bicyclic) bond motifs is 10. The van der Waals surface area contributed by atoms with Crippen molar-refractivity contribution in [1.82, 2.24) is 0 Å². The van der Waals surface area contributed by atoms with Gasteiger partial charge in [0.05, 0.1) is 129 Å². The Hall–Kier alpha value is -1.73. The van der Waals surface area contributed by atoms with Crippen LogP contribution in [0, 0.1) is 23.7 Å². The second kappa shape index (κ2) is 20.2. The topological polar surface area (TPSA) is 216 Å². The Kier molecular flexibility index (Phi) is 13.8. The molecule has 19 heteroatoms. The third kappa shape index (κ3) is 9.43. The number of aliphatic hydroxyl groups excluding tert-OH is 3. The van der Waals surface area contributed by atoms with E-state index in [0.29, 0.717) is 64.2 Å². The summed E-state index contributed by atoms with van der Waals surface area (Å²) in [6.45, 7) is 17.4. The van der Waals surface area contributed by atoms with Gasteiger partial charge in [-0.1, -0.05) is 40.9 Å². The van der Waals surface area contributed by atoms with Gasteiger partial charge >= 0.3 is 5.97 Å². The molecule has 16 saturated heterocycles. The number of aliphatic hydroxyl groups is 3. The van der Waals surface area contributed by atoms with E-state index in [1.807, 2.05) is 0 Å². The summed E-state index contributed by atoms with van der Waals surface area (Å²) in [5.41, 5.74) is 2.15. The third-order valence-corrected chi connectivity index (χ3v) is 21.9. The standard InChI is InChI=1S/C60H86O19/c1-26-13-33-7-9-37-27(2)14-35(65-37)11-12-58-23-46-54(78-58)55-56(72-46)57(79-58)53-38(69-55)10-8-34(67-53)16-48(64)73-52-31(6)51-43(68-42(52)17-39(66-33)30(26)5)19-41-45(71-51)22-60(74-41)24-47-50(77-60)29(4)21-59(76-47)20-28(3)49-44(75-59)18-40(70-49)36(63)15-32(62)25-61/h26,28-29,31-47,49-57,61-63H,2,5,7-25H2,1,3-4,6H3/t26-,28+,29+,31+,32-,33+,34-,35+,36+,37+,38+,39-,40+,41-,42+,43+,44+,45-,46-,47+,49+,50+,51+,52-,53+,54?,55+,56-,57+,58+,59-,60+/m1/s1. The monoisotopic (exact) mass is 1110 g/mol. The zero-order valence-corrected chi connectivity index (χ0v) is 46.5. The normalized spacial score (nSPS) is 57.2. The molecule has 3 spiro atoms. The van der Waals surface area contributed by atoms with Gasteiger partial charge in [0, 0.05) is 70.1 Å². The molecule has 19 nitrogen and oxygen atoms in total. The first-order valence-corrected chi connectivity index (χ1v) is 30.8. The van der Waals surface area contributed by atoms with Crippen molar-refractivity contribution in [3.05, 3.63) is 24.3 Å². The lowest BCUT2D eigenvalue weighted by molar-refractivity contribution is -0.347. The molecule has 16 rings (SSSR count). The molecule has 0 aliphatic carbocycles. The summed E-state index contributed by atoms with van der Waals surface area (Å²) in [4.78, 5) is 14.6. The molecule has 16 fully saturated rings. The van der Waals surface area contributed by atoms with Crippen LogP contribution in [0.2, 0.25) is 0 Å². The largest absolute Gasteiger partial charge is 0.459 e. The Morgan fingerprint density at radius 2 is 1.18 bits per heavy atom. The van der Waals surface area contributed by atoms with Crippen LogP contribution >= 0.6 is 0 Å². The molecule has 79 heavy (non-hydrogen) atoms. The SMILES string of the molecule is C=C1C[C@@H]2CC[C@@]34C[C@H]5O[C@H]6[C@@H](O3)[C@H]3O[C@H](CC[C@@H]3O[C@H]6C5O4)CC(=O)O[C@@H]3[C@@H](C)[C@@H]4O[C@@H]5C[C@]6(C[C@@H]7O[C@]8(C[C@H](C)[C@@H]9O[C@H]([C@@H](O)C[C@@H](O)CO)C[C@@H]9O8)C[C@H](C)[C@@H]7O6)O[C@@H]5C[C@@H]4O[C@H]3C[C@H]3O[C@@H](CC[C@@H]1O2)C[C@@H](C)C3=C. The fraction of sp³-hybridized carbons (Fsp3) is 0.917. The molecule has 12 bridgehead atoms. The summed E-state index contributed by atoms with van der Waals surface area (Å²) in [7, 11) is 0. The maximum Gasteiger partial charge on any atom is 0.308 e. The number of esters is 1. The Labute approximate surface area is 463 Å². The number of hydrogen-bond acceptors (Lipinski definition) is 19. The van der Waals surface area contributed by atoms with Crippen LogP contribution in [0.1, 0.15) is 143 Å². The Balaban J connectivity index is 0.655. The molecule has 0 saturated carbocycles. The summed E-state index contributed by atoms with van der Waals surface area (Å²) in [6, 6.07) is 0. The fourth-order valence-electron chi connectivity index (χ4n) is 18.2. The molecule has 0 aromatic heterocycles. The first-order valence-electron chi connectivity index (χ1n) is 30.8. The van der Waals surface area contributed by atoms with E-state index in [9.17, 15) is 20.1 Å². The number of ether oxygens (including phenoxy) is 15. The lowest BCUT2D eigenvalue weighted by atomic mass is 9.79. The van der Waals surface area contributed by atoms with E-state index in [0.717, 1.165) is 49.7 Å². The van der Waals surface area contributed by atoms with E-state index in [-0.39, 0.29) is 146 Å². The van der Waals surface area contributed by atoms with Crippen LogP contribution in [0.4, 0.5) is 0 Å². The van der Waals surface area contributed by atoms with Crippen LogP contribution in [-0.2, 0) is 75.8 Å². The molecule has 16 aliphatic heterocycles. The van der Waals surface area contributed by atoms with Gasteiger partial charge in [-0.05, 0) is 73.8 Å². The molecular formula is C60H86O19. The highest BCUT2D eigenvalue weighted by atomic mass is 16.8. The van der Waals surface area contributed by atoms with Crippen LogP contribution in [0.5, 0.6) is 0 Å². The van der Waals surface area contributed by atoms with Crippen molar-refractivity contribution >= 4 is 5.97 Å². The van der Waals surface area contributed by atoms with E-state index in [4.69, 9.17) is 71.1 Å². The van der Waals surface area contributed by atoms with Crippen LogP contribution in [0.15, 0.2) is 24.3 Å². The predicted molar refractivity (Wildman–Crippen MR) is 274 cm³/mol. The molecule has 32 atom stereocenters. The zero-order valence-electron chi connectivity index (χ0n) is 46.5. The summed E-state index contributed by atoms with van der Waals surface area (Å²) < 4.78 is 104. The smallest absolute Gasteiger partial charge is 0.308 e. The van der Waals surface area contributed by atoms with Crippen molar-refractivity contribution in [2.75, 3.05) is 6.61 Å². The fourth-order valence-corrected chi connectivity index (χ4v) is 18.2. The van der Waals surface area contributed by atoms with Gasteiger partial charge in [0.15, 0.2) is 17.4 Å². The lowest BCUT2D eigenvalue weighted by Crippen LogP contribution is -2.62. The minimum Gasteiger partial charge on any atom is -0.459 e. The molecule has 0 aromatic carbocycles. The van der Waals surface area contributed by atoms with Crippen LogP contribution < -0.4 is 0 Å². The number of carbonyl (C=O) groups is 1. The molecule has 0 aromatic rings. The van der Waals surface area contributed by atoms with Crippen molar-refractivity contribution in [2.24, 2.45) is 23.7 Å². The predicted octanol–water partition coefficient (Wildman–Crippen LogP) is 4.93. The van der Waals surface area contributed by atoms with E-state index in [1.54, 1.807) is 0 Å². The van der Waals surface area contributed by atoms with Crippen molar-refractivity contribution in [2.45, 2.75) is 313 Å². The molecule has 16 aliphatic rings. The van der Waals surface area contributed by atoms with E-state index in [1.165, 1.54) is 0 Å². The Morgan fingerprint density at radius 3 is 2.03 bits per heavy atom. The first-order chi connectivity index (χ1) is 38.0. The van der Waals surface area contributed by atoms with Gasteiger partial charge in [-0.3, -0.25) is 4.79 Å². The van der Waals surface area contributed by atoms with Gasteiger partial charge in [0.25, 0.3) is 0 Å². The van der Waals surface area contributed by atoms with Gasteiger partial charge in [0.1, 0.15) is 36.6 Å². The molecule has 440 valence electrons. The molecular weight excluding hydrogens is 1020 g/mol. The summed E-state index contributed by atoms with van der Waals surface area (Å²) in [5, 5.41) is 30.3. The molecule has 3 N–H and O–H groups in total. The van der Waals surface area contributed by atoms with Crippen LogP contribution in [0.25, 0.3) is 0 Å². The highest BCUT2D eigenvalue weighted by Gasteiger charge is 2.70.